The molecule has 0 radical (unpaired) electrons. The smallest absolute Gasteiger partial charge is 0.161 e. The lowest BCUT2D eigenvalue weighted by molar-refractivity contribution is 0.171. The molecule has 104 valence electrons. The van der Waals surface area contributed by atoms with Crippen LogP contribution in [0.2, 0.25) is 5.02 Å². The molecule has 0 atom stereocenters. The monoisotopic (exact) mass is 293 g/mol. The zero-order chi connectivity index (χ0) is 13.9. The fraction of sp³-hybridized carbons (Fsp3) is 0.200. The van der Waals surface area contributed by atoms with E-state index in [0.29, 0.717) is 30.5 Å². The van der Waals surface area contributed by atoms with E-state index in [9.17, 15) is 4.39 Å². The Morgan fingerprint density at radius 1 is 1.05 bits per heavy atom. The summed E-state index contributed by atoms with van der Waals surface area (Å²) in [4.78, 5) is 0. The Hall–Kier alpha value is -1.94. The molecule has 2 aromatic carbocycles. The summed E-state index contributed by atoms with van der Waals surface area (Å²) in [6.07, 6.45) is 0. The quantitative estimate of drug-likeness (QED) is 0.932. The molecule has 0 saturated heterocycles. The van der Waals surface area contributed by atoms with Crippen molar-refractivity contribution in [3.05, 3.63) is 52.8 Å². The summed E-state index contributed by atoms with van der Waals surface area (Å²) in [5.41, 5.74) is 1.58. The van der Waals surface area contributed by atoms with Crippen molar-refractivity contribution in [1.29, 1.82) is 0 Å². The van der Waals surface area contributed by atoms with Gasteiger partial charge in [0.15, 0.2) is 11.5 Å². The summed E-state index contributed by atoms with van der Waals surface area (Å²) >= 11 is 6.00. The van der Waals surface area contributed by atoms with Crippen molar-refractivity contribution in [3.8, 4) is 11.5 Å². The number of hydrogen-bond donors (Lipinski definition) is 1. The number of hydrogen-bond acceptors (Lipinski definition) is 3. The van der Waals surface area contributed by atoms with Crippen LogP contribution in [0.25, 0.3) is 0 Å². The molecule has 0 amide bonds. The van der Waals surface area contributed by atoms with Crippen molar-refractivity contribution in [2.75, 3.05) is 18.5 Å². The SMILES string of the molecule is Fc1ccc(Cl)c(NCc2ccc3c(c2)OCCO3)c1. The van der Waals surface area contributed by atoms with Gasteiger partial charge in [-0.25, -0.2) is 4.39 Å². The third-order valence-electron chi connectivity index (χ3n) is 3.02. The molecule has 1 heterocycles. The van der Waals surface area contributed by atoms with Gasteiger partial charge in [-0.15, -0.1) is 0 Å². The lowest BCUT2D eigenvalue weighted by Gasteiger charge is -2.19. The van der Waals surface area contributed by atoms with Crippen LogP contribution in [0.4, 0.5) is 10.1 Å². The van der Waals surface area contributed by atoms with Crippen LogP contribution in [0.3, 0.4) is 0 Å². The van der Waals surface area contributed by atoms with Crippen molar-refractivity contribution in [2.24, 2.45) is 0 Å². The molecule has 20 heavy (non-hydrogen) atoms. The van der Waals surface area contributed by atoms with Crippen molar-refractivity contribution >= 4 is 17.3 Å². The summed E-state index contributed by atoms with van der Waals surface area (Å²) in [5.74, 6) is 1.17. The van der Waals surface area contributed by atoms with E-state index in [1.54, 1.807) is 0 Å². The van der Waals surface area contributed by atoms with E-state index >= 15 is 0 Å². The highest BCUT2D eigenvalue weighted by Crippen LogP contribution is 2.31. The molecule has 0 bridgehead atoms. The number of benzene rings is 2. The normalized spacial score (nSPS) is 13.1. The Bertz CT molecular complexity index is 633. The van der Waals surface area contributed by atoms with Crippen LogP contribution >= 0.6 is 11.6 Å². The van der Waals surface area contributed by atoms with Crippen LogP contribution in [0.5, 0.6) is 11.5 Å². The minimum atomic E-state index is -0.320. The van der Waals surface area contributed by atoms with Gasteiger partial charge < -0.3 is 14.8 Å². The largest absolute Gasteiger partial charge is 0.486 e. The lowest BCUT2D eigenvalue weighted by Crippen LogP contribution is -2.15. The minimum Gasteiger partial charge on any atom is -0.486 e. The summed E-state index contributed by atoms with van der Waals surface area (Å²) in [6, 6.07) is 9.96. The first-order chi connectivity index (χ1) is 9.72. The van der Waals surface area contributed by atoms with Gasteiger partial charge in [-0.3, -0.25) is 0 Å². The standard InChI is InChI=1S/C15H13ClFNO2/c16-12-3-2-11(17)8-13(12)18-9-10-1-4-14-15(7-10)20-6-5-19-14/h1-4,7-8,18H,5-6,9H2. The van der Waals surface area contributed by atoms with Crippen LogP contribution in [0, 0.1) is 5.82 Å². The van der Waals surface area contributed by atoms with E-state index in [1.807, 2.05) is 18.2 Å². The topological polar surface area (TPSA) is 30.5 Å². The van der Waals surface area contributed by atoms with Crippen molar-refractivity contribution in [2.45, 2.75) is 6.54 Å². The van der Waals surface area contributed by atoms with E-state index < -0.39 is 0 Å². The van der Waals surface area contributed by atoms with Crippen LogP contribution < -0.4 is 14.8 Å². The molecule has 0 spiro atoms. The Kier molecular flexibility index (Phi) is 3.65. The Labute approximate surface area is 121 Å². The summed E-state index contributed by atoms with van der Waals surface area (Å²) in [6.45, 7) is 1.66. The predicted molar refractivity (Wildman–Crippen MR) is 76.2 cm³/mol. The highest BCUT2D eigenvalue weighted by molar-refractivity contribution is 6.33. The second kappa shape index (κ2) is 5.59. The predicted octanol–water partition coefficient (Wildman–Crippen LogP) is 3.86. The first kappa shape index (κ1) is 13.1. The van der Waals surface area contributed by atoms with Gasteiger partial charge >= 0.3 is 0 Å². The van der Waals surface area contributed by atoms with E-state index in [4.69, 9.17) is 21.1 Å². The molecule has 2 aromatic rings. The van der Waals surface area contributed by atoms with Gasteiger partial charge in [0, 0.05) is 6.54 Å². The second-order valence-corrected chi connectivity index (χ2v) is 4.86. The number of fused-ring (bicyclic) bond motifs is 1. The Balaban J connectivity index is 1.73. The molecule has 5 heteroatoms. The van der Waals surface area contributed by atoms with E-state index in [0.717, 1.165) is 17.1 Å². The highest BCUT2D eigenvalue weighted by Gasteiger charge is 2.11. The molecule has 0 fully saturated rings. The number of anilines is 1. The van der Waals surface area contributed by atoms with Crippen LogP contribution in [0.1, 0.15) is 5.56 Å². The first-order valence-electron chi connectivity index (χ1n) is 6.30. The molecule has 1 aliphatic heterocycles. The van der Waals surface area contributed by atoms with Crippen LogP contribution in [-0.2, 0) is 6.54 Å². The zero-order valence-electron chi connectivity index (χ0n) is 10.7. The molecule has 0 aliphatic carbocycles. The van der Waals surface area contributed by atoms with E-state index in [1.165, 1.54) is 18.2 Å². The minimum absolute atomic E-state index is 0.320. The zero-order valence-corrected chi connectivity index (χ0v) is 11.4. The van der Waals surface area contributed by atoms with Gasteiger partial charge in [0.05, 0.1) is 10.7 Å². The average molecular weight is 294 g/mol. The number of rotatable bonds is 3. The van der Waals surface area contributed by atoms with Gasteiger partial charge in [-0.05, 0) is 35.9 Å². The van der Waals surface area contributed by atoms with Gasteiger partial charge in [0.1, 0.15) is 19.0 Å². The van der Waals surface area contributed by atoms with Gasteiger partial charge in [0.25, 0.3) is 0 Å². The molecule has 0 unspecified atom stereocenters. The maximum atomic E-state index is 13.2. The Morgan fingerprint density at radius 3 is 2.70 bits per heavy atom. The van der Waals surface area contributed by atoms with Gasteiger partial charge in [-0.2, -0.15) is 0 Å². The number of nitrogens with one attached hydrogen (secondary N) is 1. The van der Waals surface area contributed by atoms with Gasteiger partial charge in [-0.1, -0.05) is 17.7 Å². The molecular formula is C15H13ClFNO2. The maximum Gasteiger partial charge on any atom is 0.161 e. The number of halogens is 2. The van der Waals surface area contributed by atoms with Crippen LogP contribution in [-0.4, -0.2) is 13.2 Å². The molecule has 3 rings (SSSR count). The second-order valence-electron chi connectivity index (χ2n) is 4.46. The number of ether oxygens (including phenoxy) is 2. The highest BCUT2D eigenvalue weighted by atomic mass is 35.5. The van der Waals surface area contributed by atoms with E-state index in [2.05, 4.69) is 5.32 Å². The summed E-state index contributed by atoms with van der Waals surface area (Å²) < 4.78 is 24.1. The van der Waals surface area contributed by atoms with Crippen molar-refractivity contribution in [1.82, 2.24) is 0 Å². The first-order valence-corrected chi connectivity index (χ1v) is 6.67. The Morgan fingerprint density at radius 2 is 1.85 bits per heavy atom. The van der Waals surface area contributed by atoms with E-state index in [-0.39, 0.29) is 5.82 Å². The fourth-order valence-electron chi connectivity index (χ4n) is 2.03. The van der Waals surface area contributed by atoms with Crippen LogP contribution in [0.15, 0.2) is 36.4 Å². The maximum absolute atomic E-state index is 13.2. The third kappa shape index (κ3) is 2.80. The average Bonchev–Trinajstić information content (AvgIpc) is 2.48. The van der Waals surface area contributed by atoms with Crippen molar-refractivity contribution in [3.63, 3.8) is 0 Å². The fourth-order valence-corrected chi connectivity index (χ4v) is 2.21. The molecule has 0 saturated carbocycles. The van der Waals surface area contributed by atoms with Crippen molar-refractivity contribution < 1.29 is 13.9 Å². The molecule has 3 nitrogen and oxygen atoms in total. The molecule has 0 aromatic heterocycles. The molecular weight excluding hydrogens is 281 g/mol. The van der Waals surface area contributed by atoms with Gasteiger partial charge in [0.2, 0.25) is 0 Å². The molecule has 1 N–H and O–H groups in total. The molecule has 1 aliphatic rings. The third-order valence-corrected chi connectivity index (χ3v) is 3.35. The summed E-state index contributed by atoms with van der Waals surface area (Å²) in [5, 5.41) is 3.60. The summed E-state index contributed by atoms with van der Waals surface area (Å²) in [7, 11) is 0. The lowest BCUT2D eigenvalue weighted by atomic mass is 10.2.